The molecule has 0 saturated carbocycles. The molecule has 0 unspecified atom stereocenters. The zero-order valence-electron chi connectivity index (χ0n) is 11.8. The van der Waals surface area contributed by atoms with Crippen LogP contribution in [0.3, 0.4) is 0 Å². The van der Waals surface area contributed by atoms with Crippen LogP contribution in [-0.4, -0.2) is 31.2 Å². The van der Waals surface area contributed by atoms with Gasteiger partial charge in [-0.2, -0.15) is 0 Å². The zero-order valence-corrected chi connectivity index (χ0v) is 11.8. The van der Waals surface area contributed by atoms with Crippen molar-refractivity contribution in [3.63, 3.8) is 0 Å². The van der Waals surface area contributed by atoms with E-state index < -0.39 is 0 Å². The lowest BCUT2D eigenvalue weighted by Gasteiger charge is -2.19. The zero-order chi connectivity index (χ0) is 14.5. The third-order valence-electron chi connectivity index (χ3n) is 2.86. The second kappa shape index (κ2) is 6.21. The molecule has 2 aromatic rings. The fourth-order valence-electron chi connectivity index (χ4n) is 1.81. The molecule has 0 spiro atoms. The molecule has 0 radical (unpaired) electrons. The lowest BCUT2D eigenvalue weighted by molar-refractivity contribution is 0.178. The van der Waals surface area contributed by atoms with Crippen molar-refractivity contribution < 1.29 is 9.47 Å². The molecular formula is C14H18N4O2. The van der Waals surface area contributed by atoms with E-state index in [0.717, 1.165) is 17.3 Å². The van der Waals surface area contributed by atoms with Crippen LogP contribution in [0, 0.1) is 0 Å². The molecule has 6 heteroatoms. The Morgan fingerprint density at radius 3 is 2.45 bits per heavy atom. The Morgan fingerprint density at radius 2 is 1.85 bits per heavy atom. The maximum Gasteiger partial charge on any atom is 0.158 e. The molecule has 0 aliphatic carbocycles. The Bertz CT molecular complexity index is 572. The van der Waals surface area contributed by atoms with Gasteiger partial charge in [0.1, 0.15) is 24.0 Å². The molecule has 0 atom stereocenters. The van der Waals surface area contributed by atoms with E-state index >= 15 is 0 Å². The maximum absolute atomic E-state index is 5.80. The van der Waals surface area contributed by atoms with Gasteiger partial charge in [0.25, 0.3) is 0 Å². The van der Waals surface area contributed by atoms with Gasteiger partial charge in [0, 0.05) is 25.9 Å². The molecule has 6 nitrogen and oxygen atoms in total. The van der Waals surface area contributed by atoms with Crippen LogP contribution in [0.1, 0.15) is 5.82 Å². The fourth-order valence-corrected chi connectivity index (χ4v) is 1.81. The molecule has 106 valence electrons. The van der Waals surface area contributed by atoms with Crippen LogP contribution >= 0.6 is 0 Å². The summed E-state index contributed by atoms with van der Waals surface area (Å²) < 4.78 is 10.2. The summed E-state index contributed by atoms with van der Waals surface area (Å²) in [6.45, 7) is 0.328. The minimum absolute atomic E-state index is 0.328. The van der Waals surface area contributed by atoms with E-state index in [0.29, 0.717) is 18.2 Å². The molecule has 0 aliphatic heterocycles. The summed E-state index contributed by atoms with van der Waals surface area (Å²) in [6.07, 6.45) is 0. The Hall–Kier alpha value is -2.34. The third kappa shape index (κ3) is 3.16. The van der Waals surface area contributed by atoms with E-state index in [-0.39, 0.29) is 0 Å². The van der Waals surface area contributed by atoms with Crippen LogP contribution in [-0.2, 0) is 11.3 Å². The molecule has 1 aromatic heterocycles. The highest BCUT2D eigenvalue weighted by Crippen LogP contribution is 2.25. The normalized spacial score (nSPS) is 10.3. The molecule has 20 heavy (non-hydrogen) atoms. The van der Waals surface area contributed by atoms with Gasteiger partial charge in [-0.1, -0.05) is 0 Å². The molecule has 0 amide bonds. The lowest BCUT2D eigenvalue weighted by Crippen LogP contribution is -2.14. The topological polar surface area (TPSA) is 73.5 Å². The standard InChI is InChI=1S/C14H18N4O2/c1-18(10-4-6-11(20-3)7-5-10)14-8-12(15)16-13(17-14)9-19-2/h4-8H,9H2,1-3H3,(H2,15,16,17). The number of anilines is 3. The predicted octanol–water partition coefficient (Wildman–Crippen LogP) is 1.98. The number of hydrogen-bond acceptors (Lipinski definition) is 6. The first-order valence-corrected chi connectivity index (χ1v) is 6.14. The number of hydrogen-bond donors (Lipinski definition) is 1. The third-order valence-corrected chi connectivity index (χ3v) is 2.86. The number of nitrogens with two attached hydrogens (primary N) is 1. The molecular weight excluding hydrogens is 256 g/mol. The fraction of sp³-hybridized carbons (Fsp3) is 0.286. The Balaban J connectivity index is 2.29. The number of rotatable bonds is 5. The molecule has 0 fully saturated rings. The highest BCUT2D eigenvalue weighted by molar-refractivity contribution is 5.61. The summed E-state index contributed by atoms with van der Waals surface area (Å²) >= 11 is 0. The summed E-state index contributed by atoms with van der Waals surface area (Å²) in [5.74, 6) is 2.50. The first kappa shape index (κ1) is 14.1. The largest absolute Gasteiger partial charge is 0.497 e. The van der Waals surface area contributed by atoms with E-state index in [4.69, 9.17) is 15.2 Å². The van der Waals surface area contributed by atoms with Gasteiger partial charge in [0.15, 0.2) is 5.82 Å². The van der Waals surface area contributed by atoms with Gasteiger partial charge in [-0.15, -0.1) is 0 Å². The Kier molecular flexibility index (Phi) is 4.37. The second-order valence-electron chi connectivity index (χ2n) is 4.26. The summed E-state index contributed by atoms with van der Waals surface area (Å²) in [5.41, 5.74) is 6.78. The summed E-state index contributed by atoms with van der Waals surface area (Å²) in [7, 11) is 5.15. The quantitative estimate of drug-likeness (QED) is 0.898. The predicted molar refractivity (Wildman–Crippen MR) is 78.2 cm³/mol. The van der Waals surface area contributed by atoms with E-state index in [1.54, 1.807) is 20.3 Å². The molecule has 0 bridgehead atoms. The molecule has 0 aliphatic rings. The molecule has 0 saturated heterocycles. The SMILES string of the molecule is COCc1nc(N)cc(N(C)c2ccc(OC)cc2)n1. The number of nitrogen functional groups attached to an aromatic ring is 1. The van der Waals surface area contributed by atoms with Gasteiger partial charge in [-0.05, 0) is 24.3 Å². The van der Waals surface area contributed by atoms with E-state index in [1.807, 2.05) is 36.2 Å². The van der Waals surface area contributed by atoms with E-state index in [1.165, 1.54) is 0 Å². The van der Waals surface area contributed by atoms with Crippen molar-refractivity contribution in [2.45, 2.75) is 6.61 Å². The van der Waals surface area contributed by atoms with Crippen molar-refractivity contribution in [2.75, 3.05) is 31.9 Å². The van der Waals surface area contributed by atoms with Crippen LogP contribution in [0.15, 0.2) is 30.3 Å². The van der Waals surface area contributed by atoms with Crippen LogP contribution in [0.4, 0.5) is 17.3 Å². The number of ether oxygens (including phenoxy) is 2. The summed E-state index contributed by atoms with van der Waals surface area (Å²) in [5, 5.41) is 0. The van der Waals surface area contributed by atoms with Crippen molar-refractivity contribution in [3.05, 3.63) is 36.2 Å². The highest BCUT2D eigenvalue weighted by Gasteiger charge is 2.09. The van der Waals surface area contributed by atoms with Gasteiger partial charge in [0.05, 0.1) is 7.11 Å². The average molecular weight is 274 g/mol. The van der Waals surface area contributed by atoms with Gasteiger partial charge >= 0.3 is 0 Å². The molecule has 2 N–H and O–H groups in total. The van der Waals surface area contributed by atoms with Crippen LogP contribution in [0.2, 0.25) is 0 Å². The van der Waals surface area contributed by atoms with Crippen molar-refractivity contribution in [2.24, 2.45) is 0 Å². The highest BCUT2D eigenvalue weighted by atomic mass is 16.5. The number of aromatic nitrogens is 2. The molecule has 2 rings (SSSR count). The van der Waals surface area contributed by atoms with Gasteiger partial charge < -0.3 is 20.1 Å². The van der Waals surface area contributed by atoms with E-state index in [9.17, 15) is 0 Å². The Morgan fingerprint density at radius 1 is 1.15 bits per heavy atom. The number of benzene rings is 1. The minimum atomic E-state index is 0.328. The van der Waals surface area contributed by atoms with Gasteiger partial charge in [-0.25, -0.2) is 9.97 Å². The van der Waals surface area contributed by atoms with Crippen molar-refractivity contribution in [3.8, 4) is 5.75 Å². The maximum atomic E-state index is 5.80. The van der Waals surface area contributed by atoms with Crippen LogP contribution < -0.4 is 15.4 Å². The van der Waals surface area contributed by atoms with Gasteiger partial charge in [0.2, 0.25) is 0 Å². The number of methoxy groups -OCH3 is 2. The van der Waals surface area contributed by atoms with Crippen LogP contribution in [0.25, 0.3) is 0 Å². The monoisotopic (exact) mass is 274 g/mol. The lowest BCUT2D eigenvalue weighted by atomic mass is 10.3. The smallest absolute Gasteiger partial charge is 0.158 e. The Labute approximate surface area is 118 Å². The van der Waals surface area contributed by atoms with Gasteiger partial charge in [-0.3, -0.25) is 0 Å². The summed E-state index contributed by atoms with van der Waals surface area (Å²) in [6, 6.07) is 9.42. The van der Waals surface area contributed by atoms with Crippen molar-refractivity contribution in [1.29, 1.82) is 0 Å². The molecule has 1 heterocycles. The first-order valence-electron chi connectivity index (χ1n) is 6.14. The number of nitrogens with zero attached hydrogens (tertiary/aromatic N) is 3. The van der Waals surface area contributed by atoms with E-state index in [2.05, 4.69) is 9.97 Å². The molecule has 1 aromatic carbocycles. The average Bonchev–Trinajstić information content (AvgIpc) is 2.46. The second-order valence-corrected chi connectivity index (χ2v) is 4.26. The van der Waals surface area contributed by atoms with Crippen LogP contribution in [0.5, 0.6) is 5.75 Å². The first-order chi connectivity index (χ1) is 9.63. The summed E-state index contributed by atoms with van der Waals surface area (Å²) in [4.78, 5) is 10.5. The van der Waals surface area contributed by atoms with Crippen molar-refractivity contribution in [1.82, 2.24) is 9.97 Å². The van der Waals surface area contributed by atoms with Crippen molar-refractivity contribution >= 4 is 17.3 Å². The minimum Gasteiger partial charge on any atom is -0.497 e.